The zero-order valence-corrected chi connectivity index (χ0v) is 20.6. The van der Waals surface area contributed by atoms with Gasteiger partial charge in [-0.3, -0.25) is 9.78 Å². The maximum atomic E-state index is 14.1. The Kier molecular flexibility index (Phi) is 6.12. The van der Waals surface area contributed by atoms with E-state index in [0.717, 1.165) is 43.0 Å². The Morgan fingerprint density at radius 2 is 1.86 bits per heavy atom. The summed E-state index contributed by atoms with van der Waals surface area (Å²) in [6, 6.07) is 6.84. The van der Waals surface area contributed by atoms with Crippen molar-refractivity contribution < 1.29 is 23.1 Å². The number of alkyl halides is 3. The Balaban J connectivity index is 1.84. The largest absolute Gasteiger partial charge is 0.417 e. The molecule has 0 aliphatic heterocycles. The van der Waals surface area contributed by atoms with E-state index < -0.39 is 23.6 Å². The third-order valence-electron chi connectivity index (χ3n) is 7.32. The van der Waals surface area contributed by atoms with Gasteiger partial charge in [0.1, 0.15) is 0 Å². The van der Waals surface area contributed by atoms with E-state index in [0.29, 0.717) is 29.7 Å². The first-order valence-corrected chi connectivity index (χ1v) is 13.0. The fourth-order valence-corrected chi connectivity index (χ4v) is 6.45. The van der Waals surface area contributed by atoms with Gasteiger partial charge in [-0.2, -0.15) is 24.5 Å². The Labute approximate surface area is 207 Å². The van der Waals surface area contributed by atoms with Crippen LogP contribution in [0.4, 0.5) is 13.2 Å². The van der Waals surface area contributed by atoms with Crippen LogP contribution in [0, 0.1) is 5.41 Å². The van der Waals surface area contributed by atoms with Crippen LogP contribution in [0.2, 0.25) is 0 Å². The first kappa shape index (κ1) is 24.2. The SMILES string of the molecule is CC1(C)Cc2nc(C3CCCC3)c(C(=O)c3ccccc3C(F)(F)F)c(-c3ccsc3)c2C(O)C1. The lowest BCUT2D eigenvalue weighted by atomic mass is 9.71. The fourth-order valence-electron chi connectivity index (χ4n) is 5.81. The molecule has 1 N–H and O–H groups in total. The van der Waals surface area contributed by atoms with Crippen LogP contribution in [0.15, 0.2) is 41.1 Å². The number of rotatable bonds is 4. The Morgan fingerprint density at radius 1 is 1.14 bits per heavy atom. The van der Waals surface area contributed by atoms with Crippen LogP contribution in [0.25, 0.3) is 11.1 Å². The molecule has 7 heteroatoms. The molecule has 1 saturated carbocycles. The molecular formula is C28H28F3NO2S. The minimum absolute atomic E-state index is 0.0110. The molecule has 0 radical (unpaired) electrons. The van der Waals surface area contributed by atoms with Crippen LogP contribution in [0.3, 0.4) is 0 Å². The van der Waals surface area contributed by atoms with Gasteiger partial charge in [0.25, 0.3) is 0 Å². The monoisotopic (exact) mass is 499 g/mol. The summed E-state index contributed by atoms with van der Waals surface area (Å²) in [6.07, 6.45) is -0.676. The summed E-state index contributed by atoms with van der Waals surface area (Å²) in [5.74, 6) is -0.662. The normalized spacial score (nSPS) is 20.1. The van der Waals surface area contributed by atoms with Crippen molar-refractivity contribution in [2.24, 2.45) is 5.41 Å². The summed E-state index contributed by atoms with van der Waals surface area (Å²) >= 11 is 1.45. The van der Waals surface area contributed by atoms with E-state index >= 15 is 0 Å². The number of nitrogens with zero attached hydrogens (tertiary/aromatic N) is 1. The van der Waals surface area contributed by atoms with Crippen LogP contribution in [-0.2, 0) is 12.6 Å². The lowest BCUT2D eigenvalue weighted by Gasteiger charge is -2.36. The summed E-state index contributed by atoms with van der Waals surface area (Å²) in [4.78, 5) is 19.1. The second-order valence-corrected chi connectivity index (χ2v) is 11.3. The van der Waals surface area contributed by atoms with Gasteiger partial charge < -0.3 is 5.11 Å². The second kappa shape index (κ2) is 8.86. The van der Waals surface area contributed by atoms with Crippen LogP contribution < -0.4 is 0 Å². The number of aliphatic hydroxyl groups excluding tert-OH is 1. The predicted molar refractivity (Wildman–Crippen MR) is 131 cm³/mol. The van der Waals surface area contributed by atoms with Gasteiger partial charge in [0, 0.05) is 28.3 Å². The molecule has 0 bridgehead atoms. The van der Waals surface area contributed by atoms with Crippen LogP contribution in [0.5, 0.6) is 0 Å². The number of fused-ring (bicyclic) bond motifs is 1. The molecule has 2 aromatic heterocycles. The van der Waals surface area contributed by atoms with Crippen molar-refractivity contribution in [2.75, 3.05) is 0 Å². The minimum Gasteiger partial charge on any atom is -0.388 e. The molecule has 3 aromatic rings. The number of aliphatic hydroxyl groups is 1. The molecule has 1 fully saturated rings. The number of carbonyl (C=O) groups is 1. The van der Waals surface area contributed by atoms with Gasteiger partial charge >= 0.3 is 6.18 Å². The number of hydrogen-bond donors (Lipinski definition) is 1. The van der Waals surface area contributed by atoms with Crippen LogP contribution in [0.1, 0.15) is 96.4 Å². The van der Waals surface area contributed by atoms with E-state index in [-0.39, 0.29) is 22.5 Å². The van der Waals surface area contributed by atoms with Crippen molar-refractivity contribution in [1.29, 1.82) is 0 Å². The molecule has 0 spiro atoms. The summed E-state index contributed by atoms with van der Waals surface area (Å²) in [5, 5.41) is 15.0. The van der Waals surface area contributed by atoms with Gasteiger partial charge in [0.15, 0.2) is 5.78 Å². The number of aromatic nitrogens is 1. The summed E-state index contributed by atoms with van der Waals surface area (Å²) in [6.45, 7) is 4.16. The van der Waals surface area contributed by atoms with E-state index in [1.165, 1.54) is 29.5 Å². The highest BCUT2D eigenvalue weighted by atomic mass is 32.1. The number of hydrogen-bond acceptors (Lipinski definition) is 4. The number of benzene rings is 1. The van der Waals surface area contributed by atoms with E-state index in [1.54, 1.807) is 0 Å². The number of thiophene rings is 1. The van der Waals surface area contributed by atoms with Gasteiger partial charge in [-0.05, 0) is 59.6 Å². The Morgan fingerprint density at radius 3 is 2.51 bits per heavy atom. The first-order valence-electron chi connectivity index (χ1n) is 12.0. The molecule has 184 valence electrons. The summed E-state index contributed by atoms with van der Waals surface area (Å²) in [7, 11) is 0. The smallest absolute Gasteiger partial charge is 0.388 e. The Hall–Kier alpha value is -2.51. The number of pyridine rings is 1. The van der Waals surface area contributed by atoms with Crippen molar-refractivity contribution >= 4 is 17.1 Å². The molecule has 1 unspecified atom stereocenters. The molecule has 2 heterocycles. The lowest BCUT2D eigenvalue weighted by molar-refractivity contribution is -0.137. The average Bonchev–Trinajstić information content (AvgIpc) is 3.50. The van der Waals surface area contributed by atoms with Gasteiger partial charge in [0.2, 0.25) is 0 Å². The van der Waals surface area contributed by atoms with Crippen molar-refractivity contribution in [2.45, 2.75) is 70.6 Å². The molecule has 35 heavy (non-hydrogen) atoms. The van der Waals surface area contributed by atoms with E-state index in [9.17, 15) is 23.1 Å². The third kappa shape index (κ3) is 4.45. The fraction of sp³-hybridized carbons (Fsp3) is 0.429. The highest BCUT2D eigenvalue weighted by molar-refractivity contribution is 7.08. The average molecular weight is 500 g/mol. The van der Waals surface area contributed by atoms with Crippen LogP contribution in [-0.4, -0.2) is 15.9 Å². The zero-order chi connectivity index (χ0) is 25.0. The lowest BCUT2D eigenvalue weighted by Crippen LogP contribution is -2.29. The van der Waals surface area contributed by atoms with Crippen molar-refractivity contribution in [1.82, 2.24) is 4.98 Å². The molecule has 1 atom stereocenters. The standard InChI is InChI=1S/C28H28F3NO2S/c1-27(2)13-20-23(21(33)14-27)22(17-11-12-35-15-17)24(25(32-20)16-7-3-4-8-16)26(34)18-9-5-6-10-19(18)28(29,30)31/h5-6,9-12,15-16,21,33H,3-4,7-8,13-14H2,1-2H3. The third-order valence-corrected chi connectivity index (χ3v) is 8.01. The molecule has 2 aliphatic rings. The Bertz CT molecular complexity index is 1260. The van der Waals surface area contributed by atoms with Gasteiger partial charge in [-0.25, -0.2) is 0 Å². The minimum atomic E-state index is -4.66. The molecule has 5 rings (SSSR count). The highest BCUT2D eigenvalue weighted by Gasteiger charge is 2.41. The number of ketones is 1. The first-order chi connectivity index (χ1) is 16.6. The van der Waals surface area contributed by atoms with E-state index in [1.807, 2.05) is 16.8 Å². The second-order valence-electron chi connectivity index (χ2n) is 10.5. The summed E-state index contributed by atoms with van der Waals surface area (Å²) < 4.78 is 41.7. The van der Waals surface area contributed by atoms with Crippen molar-refractivity contribution in [3.05, 3.63) is 74.7 Å². The molecule has 0 amide bonds. The molecule has 2 aliphatic carbocycles. The van der Waals surface area contributed by atoms with Crippen molar-refractivity contribution in [3.63, 3.8) is 0 Å². The zero-order valence-electron chi connectivity index (χ0n) is 19.8. The number of carbonyl (C=O) groups excluding carboxylic acids is 1. The van der Waals surface area contributed by atoms with Gasteiger partial charge in [-0.15, -0.1) is 0 Å². The maximum Gasteiger partial charge on any atom is 0.417 e. The van der Waals surface area contributed by atoms with E-state index in [4.69, 9.17) is 4.98 Å². The molecular weight excluding hydrogens is 471 g/mol. The highest BCUT2D eigenvalue weighted by Crippen LogP contribution is 2.49. The van der Waals surface area contributed by atoms with Crippen LogP contribution >= 0.6 is 11.3 Å². The quantitative estimate of drug-likeness (QED) is 0.374. The van der Waals surface area contributed by atoms with Gasteiger partial charge in [-0.1, -0.05) is 44.9 Å². The molecule has 0 saturated heterocycles. The number of halogens is 3. The topological polar surface area (TPSA) is 50.2 Å². The predicted octanol–water partition coefficient (Wildman–Crippen LogP) is 7.72. The molecule has 1 aromatic carbocycles. The van der Waals surface area contributed by atoms with Gasteiger partial charge in [0.05, 0.1) is 22.9 Å². The maximum absolute atomic E-state index is 14.1. The van der Waals surface area contributed by atoms with Crippen molar-refractivity contribution in [3.8, 4) is 11.1 Å². The van der Waals surface area contributed by atoms with E-state index in [2.05, 4.69) is 13.8 Å². The summed E-state index contributed by atoms with van der Waals surface area (Å²) in [5.41, 5.74) is 1.99. The molecule has 3 nitrogen and oxygen atoms in total.